The quantitative estimate of drug-likeness (QED) is 0.297. The van der Waals surface area contributed by atoms with Crippen LogP contribution in [0.3, 0.4) is 0 Å². The topological polar surface area (TPSA) is 89.9 Å². The first kappa shape index (κ1) is 26.3. The molecule has 0 bridgehead atoms. The number of anilines is 1. The fourth-order valence-corrected chi connectivity index (χ4v) is 4.13. The van der Waals surface area contributed by atoms with Crippen molar-refractivity contribution in [2.45, 2.75) is 17.9 Å². The SMILES string of the molecule is CN=C(NCCc1ccc(S(C)(=O)=O)cc1)NCc1cccnc1N1CCN(C)CC1.I. The number of pyridine rings is 1. The van der Waals surface area contributed by atoms with Crippen molar-refractivity contribution in [1.82, 2.24) is 20.5 Å². The Balaban J connectivity index is 0.00000363. The lowest BCUT2D eigenvalue weighted by Gasteiger charge is -2.34. The van der Waals surface area contributed by atoms with Crippen molar-refractivity contribution < 1.29 is 8.42 Å². The van der Waals surface area contributed by atoms with E-state index in [2.05, 4.69) is 43.5 Å². The summed E-state index contributed by atoms with van der Waals surface area (Å²) in [6.45, 7) is 5.36. The maximum atomic E-state index is 11.6. The van der Waals surface area contributed by atoms with E-state index in [4.69, 9.17) is 0 Å². The number of guanidine groups is 1. The summed E-state index contributed by atoms with van der Waals surface area (Å²) in [6.07, 6.45) is 3.83. The van der Waals surface area contributed by atoms with Crippen molar-refractivity contribution in [3.8, 4) is 0 Å². The number of halogens is 1. The van der Waals surface area contributed by atoms with Gasteiger partial charge in [-0.25, -0.2) is 13.4 Å². The van der Waals surface area contributed by atoms with E-state index in [0.29, 0.717) is 18.0 Å². The molecule has 8 nitrogen and oxygen atoms in total. The highest BCUT2D eigenvalue weighted by atomic mass is 127. The van der Waals surface area contributed by atoms with Crippen molar-refractivity contribution in [2.24, 2.45) is 4.99 Å². The molecule has 3 rings (SSSR count). The minimum atomic E-state index is -3.16. The number of hydrogen-bond donors (Lipinski definition) is 2. The van der Waals surface area contributed by atoms with Gasteiger partial charge in [-0.2, -0.15) is 0 Å². The lowest BCUT2D eigenvalue weighted by molar-refractivity contribution is 0.312. The molecule has 176 valence electrons. The van der Waals surface area contributed by atoms with Crippen molar-refractivity contribution in [3.05, 3.63) is 53.7 Å². The van der Waals surface area contributed by atoms with Crippen LogP contribution in [0.4, 0.5) is 5.82 Å². The summed E-state index contributed by atoms with van der Waals surface area (Å²) >= 11 is 0. The van der Waals surface area contributed by atoms with Crippen LogP contribution in [-0.2, 0) is 22.8 Å². The van der Waals surface area contributed by atoms with Gasteiger partial charge >= 0.3 is 0 Å². The van der Waals surface area contributed by atoms with Crippen LogP contribution in [0, 0.1) is 0 Å². The maximum Gasteiger partial charge on any atom is 0.191 e. The van der Waals surface area contributed by atoms with Crippen LogP contribution >= 0.6 is 24.0 Å². The summed E-state index contributed by atoms with van der Waals surface area (Å²) in [5, 5.41) is 6.69. The highest BCUT2D eigenvalue weighted by Gasteiger charge is 2.18. The van der Waals surface area contributed by atoms with Crippen LogP contribution in [0.15, 0.2) is 52.5 Å². The van der Waals surface area contributed by atoms with Crippen molar-refractivity contribution in [1.29, 1.82) is 0 Å². The van der Waals surface area contributed by atoms with Crippen molar-refractivity contribution in [3.63, 3.8) is 0 Å². The second-order valence-corrected chi connectivity index (χ2v) is 9.81. The number of piperazine rings is 1. The lowest BCUT2D eigenvalue weighted by atomic mass is 10.1. The summed E-state index contributed by atoms with van der Waals surface area (Å²) in [5.41, 5.74) is 2.21. The summed E-state index contributed by atoms with van der Waals surface area (Å²) < 4.78 is 23.1. The third-order valence-corrected chi connectivity index (χ3v) is 6.53. The normalized spacial score (nSPS) is 15.2. The van der Waals surface area contributed by atoms with E-state index in [-0.39, 0.29) is 24.0 Å². The van der Waals surface area contributed by atoms with E-state index in [1.54, 1.807) is 19.2 Å². The first-order valence-electron chi connectivity index (χ1n) is 10.5. The number of benzene rings is 1. The second kappa shape index (κ2) is 12.4. The van der Waals surface area contributed by atoms with E-state index < -0.39 is 9.84 Å². The van der Waals surface area contributed by atoms with Crippen molar-refractivity contribution >= 4 is 45.6 Å². The number of aliphatic imine (C=N–C) groups is 1. The van der Waals surface area contributed by atoms with Gasteiger partial charge in [-0.15, -0.1) is 24.0 Å². The van der Waals surface area contributed by atoms with E-state index >= 15 is 0 Å². The smallest absolute Gasteiger partial charge is 0.191 e. The van der Waals surface area contributed by atoms with Gasteiger partial charge < -0.3 is 20.4 Å². The molecule has 0 amide bonds. The number of rotatable bonds is 7. The first-order valence-corrected chi connectivity index (χ1v) is 12.4. The predicted octanol–water partition coefficient (Wildman–Crippen LogP) is 1.76. The molecule has 2 N–H and O–H groups in total. The van der Waals surface area contributed by atoms with Gasteiger partial charge in [0.15, 0.2) is 15.8 Å². The Morgan fingerprint density at radius 3 is 2.41 bits per heavy atom. The molecule has 1 saturated heterocycles. The number of nitrogens with one attached hydrogen (secondary N) is 2. The van der Waals surface area contributed by atoms with Crippen LogP contribution in [-0.4, -0.2) is 77.3 Å². The van der Waals surface area contributed by atoms with E-state index in [9.17, 15) is 8.42 Å². The number of sulfone groups is 1. The Morgan fingerprint density at radius 2 is 1.78 bits per heavy atom. The van der Waals surface area contributed by atoms with Gasteiger partial charge in [0.05, 0.1) is 4.90 Å². The molecule has 1 fully saturated rings. The molecule has 1 aliphatic heterocycles. The molecule has 0 radical (unpaired) electrons. The third kappa shape index (κ3) is 7.59. The highest BCUT2D eigenvalue weighted by Crippen LogP contribution is 2.18. The standard InChI is InChI=1S/C22H32N6O2S.HI/c1-23-22(25-12-10-18-6-8-20(9-7-18)31(3,29)30)26-17-19-5-4-11-24-21(19)28-15-13-27(2)14-16-28;/h4-9,11H,10,12-17H2,1-3H3,(H2,23,25,26);1H. The fourth-order valence-electron chi connectivity index (χ4n) is 3.50. The molecule has 2 heterocycles. The lowest BCUT2D eigenvalue weighted by Crippen LogP contribution is -2.45. The van der Waals surface area contributed by atoms with Crippen LogP contribution < -0.4 is 15.5 Å². The zero-order valence-corrected chi connectivity index (χ0v) is 22.1. The summed E-state index contributed by atoms with van der Waals surface area (Å²) in [5.74, 6) is 1.76. The van der Waals surface area contributed by atoms with E-state index in [0.717, 1.165) is 55.5 Å². The summed E-state index contributed by atoms with van der Waals surface area (Å²) in [7, 11) is 0.736. The Kier molecular flexibility index (Phi) is 10.2. The van der Waals surface area contributed by atoms with Gasteiger partial charge in [0.1, 0.15) is 5.82 Å². The molecule has 32 heavy (non-hydrogen) atoms. The van der Waals surface area contributed by atoms with Gasteiger partial charge in [0.25, 0.3) is 0 Å². The minimum absolute atomic E-state index is 0. The molecule has 0 unspecified atom stereocenters. The molecule has 1 aliphatic rings. The van der Waals surface area contributed by atoms with Gasteiger partial charge in [-0.05, 0) is 37.2 Å². The Bertz CT molecular complexity index is 990. The Morgan fingerprint density at radius 1 is 1.09 bits per heavy atom. The van der Waals surface area contributed by atoms with E-state index in [1.807, 2.05) is 24.4 Å². The van der Waals surface area contributed by atoms with Gasteiger partial charge in [-0.1, -0.05) is 18.2 Å². The molecule has 0 spiro atoms. The van der Waals surface area contributed by atoms with Crippen molar-refractivity contribution in [2.75, 3.05) is 58.0 Å². The Labute approximate surface area is 208 Å². The Hall–Kier alpha value is -1.92. The molecule has 0 saturated carbocycles. The zero-order chi connectivity index (χ0) is 22.3. The number of hydrogen-bond acceptors (Lipinski definition) is 6. The monoisotopic (exact) mass is 572 g/mol. The van der Waals surface area contributed by atoms with E-state index in [1.165, 1.54) is 6.26 Å². The summed E-state index contributed by atoms with van der Waals surface area (Å²) in [6, 6.07) is 11.1. The van der Waals surface area contributed by atoms with Crippen LogP contribution in [0.5, 0.6) is 0 Å². The molecule has 0 aliphatic carbocycles. The van der Waals surface area contributed by atoms with Crippen LogP contribution in [0.2, 0.25) is 0 Å². The number of aromatic nitrogens is 1. The minimum Gasteiger partial charge on any atom is -0.356 e. The van der Waals surface area contributed by atoms with Crippen LogP contribution in [0.1, 0.15) is 11.1 Å². The summed E-state index contributed by atoms with van der Waals surface area (Å²) in [4.78, 5) is 13.9. The number of likely N-dealkylation sites (N-methyl/N-ethyl adjacent to an activating group) is 1. The van der Waals surface area contributed by atoms with Gasteiger partial charge in [0, 0.05) is 64.3 Å². The molecule has 2 aromatic rings. The zero-order valence-electron chi connectivity index (χ0n) is 18.9. The third-order valence-electron chi connectivity index (χ3n) is 5.40. The molecule has 0 atom stereocenters. The molecule has 1 aromatic carbocycles. The molecular weight excluding hydrogens is 539 g/mol. The molecular formula is C22H33IN6O2S. The maximum absolute atomic E-state index is 11.6. The largest absolute Gasteiger partial charge is 0.356 e. The van der Waals surface area contributed by atoms with Crippen LogP contribution in [0.25, 0.3) is 0 Å². The molecule has 1 aromatic heterocycles. The molecule has 10 heteroatoms. The first-order chi connectivity index (χ1) is 14.9. The fraction of sp³-hybridized carbons (Fsp3) is 0.455. The second-order valence-electron chi connectivity index (χ2n) is 7.80. The average molecular weight is 573 g/mol. The van der Waals surface area contributed by atoms with Gasteiger partial charge in [-0.3, -0.25) is 4.99 Å². The van der Waals surface area contributed by atoms with Gasteiger partial charge in [0.2, 0.25) is 0 Å². The average Bonchev–Trinajstić information content (AvgIpc) is 2.76. The number of nitrogens with zero attached hydrogens (tertiary/aromatic N) is 4. The predicted molar refractivity (Wildman–Crippen MR) is 141 cm³/mol. The highest BCUT2D eigenvalue weighted by molar-refractivity contribution is 14.0.